The Labute approximate surface area is 298 Å². The molecule has 1 aliphatic heterocycles. The molecule has 1 N–H and O–H groups in total. The highest BCUT2D eigenvalue weighted by Crippen LogP contribution is 2.68. The Morgan fingerprint density at radius 2 is 1.57 bits per heavy atom. The van der Waals surface area contributed by atoms with Crippen molar-refractivity contribution in [2.75, 3.05) is 0 Å². The highest BCUT2D eigenvalue weighted by molar-refractivity contribution is 8.14. The first-order valence-corrected chi connectivity index (χ1v) is 18.1. The molecule has 8 nitrogen and oxygen atoms in total. The van der Waals surface area contributed by atoms with Gasteiger partial charge in [0.05, 0.1) is 17.2 Å². The molecule has 3 aromatic rings. The highest BCUT2D eigenvalue weighted by atomic mass is 35.5. The second-order valence-electron chi connectivity index (χ2n) is 14.1. The van der Waals surface area contributed by atoms with Crippen molar-refractivity contribution in [3.8, 4) is 17.6 Å². The van der Waals surface area contributed by atoms with Crippen LogP contribution in [0.3, 0.4) is 0 Å². The lowest BCUT2D eigenvalue weighted by molar-refractivity contribution is -0.150. The number of hydrogen-bond donors (Lipinski definition) is 1. The number of nitrogens with zero attached hydrogens (tertiary/aromatic N) is 2. The molecule has 3 fully saturated rings. The lowest BCUT2D eigenvalue weighted by Crippen LogP contribution is -2.48. The van der Waals surface area contributed by atoms with Gasteiger partial charge in [-0.05, 0) is 72.6 Å². The van der Waals surface area contributed by atoms with Gasteiger partial charge in [-0.2, -0.15) is 5.26 Å². The number of benzene rings is 3. The van der Waals surface area contributed by atoms with E-state index in [1.807, 2.05) is 61.5 Å². The monoisotopic (exact) mass is 701 g/mol. The third-order valence-corrected chi connectivity index (χ3v) is 11.9. The number of carbonyl (C=O) groups is 3. The molecule has 3 aromatic carbocycles. The van der Waals surface area contributed by atoms with E-state index in [-0.39, 0.29) is 51.3 Å². The molecule has 258 valence electrons. The van der Waals surface area contributed by atoms with Crippen LogP contribution in [0.25, 0.3) is 0 Å². The molecule has 2 aliphatic carbocycles. The molecule has 3 aliphatic rings. The largest absolute Gasteiger partial charge is 0.457 e. The van der Waals surface area contributed by atoms with Gasteiger partial charge in [-0.25, -0.2) is 4.79 Å². The third kappa shape index (κ3) is 8.25. The smallest absolute Gasteiger partial charge is 0.325 e. The average molecular weight is 702 g/mol. The Bertz CT molecular complexity index is 1670. The van der Waals surface area contributed by atoms with E-state index in [4.69, 9.17) is 21.1 Å². The number of amides is 3. The summed E-state index contributed by atoms with van der Waals surface area (Å²) in [6, 6.07) is 25.8. The van der Waals surface area contributed by atoms with Crippen LogP contribution >= 0.6 is 23.4 Å². The minimum Gasteiger partial charge on any atom is -0.457 e. The van der Waals surface area contributed by atoms with E-state index in [1.54, 1.807) is 24.3 Å². The molecule has 0 spiro atoms. The van der Waals surface area contributed by atoms with Crippen molar-refractivity contribution in [2.24, 2.45) is 16.7 Å². The van der Waals surface area contributed by atoms with Gasteiger partial charge in [0.2, 0.25) is 6.10 Å². The lowest BCUT2D eigenvalue weighted by atomic mass is 9.96. The van der Waals surface area contributed by atoms with E-state index >= 15 is 0 Å². The van der Waals surface area contributed by atoms with Crippen molar-refractivity contribution in [2.45, 2.75) is 90.2 Å². The Balaban J connectivity index is 0.000000192. The second kappa shape index (κ2) is 15.3. The average Bonchev–Trinajstić information content (AvgIpc) is 3.31. The number of rotatable bonds is 7. The molecule has 1 unspecified atom stereocenters. The van der Waals surface area contributed by atoms with Crippen LogP contribution in [-0.2, 0) is 9.53 Å². The van der Waals surface area contributed by atoms with Crippen LogP contribution in [0.2, 0.25) is 5.02 Å². The summed E-state index contributed by atoms with van der Waals surface area (Å²) >= 11 is 7.14. The van der Waals surface area contributed by atoms with Gasteiger partial charge in [0, 0.05) is 16.6 Å². The maximum absolute atomic E-state index is 12.6. The fourth-order valence-corrected chi connectivity index (χ4v) is 8.15. The second-order valence-corrected chi connectivity index (χ2v) is 15.6. The number of esters is 1. The summed E-state index contributed by atoms with van der Waals surface area (Å²) in [4.78, 5) is 38.8. The van der Waals surface area contributed by atoms with Crippen molar-refractivity contribution in [3.05, 3.63) is 95.0 Å². The van der Waals surface area contributed by atoms with Crippen LogP contribution < -0.4 is 10.1 Å². The molecule has 10 heteroatoms. The zero-order valence-electron chi connectivity index (χ0n) is 28.6. The summed E-state index contributed by atoms with van der Waals surface area (Å²) in [7, 11) is 0. The van der Waals surface area contributed by atoms with Crippen molar-refractivity contribution in [1.82, 2.24) is 10.2 Å². The van der Waals surface area contributed by atoms with E-state index < -0.39 is 6.10 Å². The number of nitriles is 1. The van der Waals surface area contributed by atoms with E-state index in [1.165, 1.54) is 23.1 Å². The van der Waals surface area contributed by atoms with Gasteiger partial charge in [-0.1, -0.05) is 113 Å². The maximum Gasteiger partial charge on any atom is 0.325 e. The Morgan fingerprint density at radius 3 is 2.18 bits per heavy atom. The summed E-state index contributed by atoms with van der Waals surface area (Å²) in [6.07, 6.45) is 4.60. The summed E-state index contributed by atoms with van der Waals surface area (Å²) in [5, 5.41) is 13.0. The molecule has 1 saturated heterocycles. The summed E-state index contributed by atoms with van der Waals surface area (Å²) in [6.45, 7) is 10.1. The minimum absolute atomic E-state index is 0.0446. The molecule has 2 saturated carbocycles. The van der Waals surface area contributed by atoms with E-state index in [2.05, 4.69) is 39.1 Å². The first-order valence-electron chi connectivity index (χ1n) is 16.8. The molecule has 0 radical (unpaired) electrons. The zero-order valence-corrected chi connectivity index (χ0v) is 30.2. The molecular formula is C39H44ClN3O5S. The summed E-state index contributed by atoms with van der Waals surface area (Å²) < 4.78 is 11.3. The normalized spacial score (nSPS) is 21.8. The number of carbonyl (C=O) groups excluding carboxylic acids is 3. The molecule has 6 rings (SSSR count). The van der Waals surface area contributed by atoms with Gasteiger partial charge < -0.3 is 14.8 Å². The topological polar surface area (TPSA) is 109 Å². The van der Waals surface area contributed by atoms with E-state index in [0.29, 0.717) is 22.1 Å². The van der Waals surface area contributed by atoms with Crippen molar-refractivity contribution in [1.29, 1.82) is 5.26 Å². The summed E-state index contributed by atoms with van der Waals surface area (Å²) in [5.41, 5.74) is 1.38. The van der Waals surface area contributed by atoms with Gasteiger partial charge >= 0.3 is 12.0 Å². The zero-order chi connectivity index (χ0) is 35.3. The number of imide groups is 1. The number of thioether (sulfide) groups is 1. The van der Waals surface area contributed by atoms with Crippen LogP contribution in [0.1, 0.15) is 89.2 Å². The van der Waals surface area contributed by atoms with Crippen LogP contribution in [-0.4, -0.2) is 34.2 Å². The number of urea groups is 1. The van der Waals surface area contributed by atoms with Gasteiger partial charge in [-0.3, -0.25) is 14.5 Å². The lowest BCUT2D eigenvalue weighted by Gasteiger charge is -2.27. The van der Waals surface area contributed by atoms with Crippen LogP contribution in [0.5, 0.6) is 11.5 Å². The van der Waals surface area contributed by atoms with Gasteiger partial charge in [0.1, 0.15) is 17.6 Å². The van der Waals surface area contributed by atoms with Gasteiger partial charge in [0.25, 0.3) is 5.24 Å². The molecule has 0 bridgehead atoms. The Morgan fingerprint density at radius 1 is 0.939 bits per heavy atom. The maximum atomic E-state index is 12.6. The van der Waals surface area contributed by atoms with Crippen LogP contribution in [0.4, 0.5) is 9.59 Å². The molecule has 49 heavy (non-hydrogen) atoms. The molecule has 1 heterocycles. The van der Waals surface area contributed by atoms with Crippen LogP contribution in [0.15, 0.2) is 78.9 Å². The van der Waals surface area contributed by atoms with Gasteiger partial charge in [-0.15, -0.1) is 0 Å². The molecular weight excluding hydrogens is 658 g/mol. The van der Waals surface area contributed by atoms with Crippen LogP contribution in [0, 0.1) is 28.1 Å². The Kier molecular flexibility index (Phi) is 11.3. The molecule has 3 atom stereocenters. The van der Waals surface area contributed by atoms with E-state index in [9.17, 15) is 19.6 Å². The minimum atomic E-state index is -0.950. The fraction of sp³-hybridized carbons (Fsp3) is 0.436. The van der Waals surface area contributed by atoms with Crippen molar-refractivity contribution < 1.29 is 23.9 Å². The first-order chi connectivity index (χ1) is 23.3. The number of ether oxygens (including phenoxy) is 2. The standard InChI is InChI=1S/C22H23NO3.C17H21ClN2O2S/c1-21(2)19(22(21,3)4)20(24)26-18(14-23)15-9-8-12-17(13-15)25-16-10-6-5-7-11-16;1-11-15(12-7-9-13(18)10-8-12)23-17(22)20(11)16(21)19-14-5-3-2-4-6-14/h5-13,18-19H,1-4H3;7-11,14-15H,2-6H2,1H3,(H,19,21)/t;11-,15+/m.0/s1. The number of para-hydroxylation sites is 1. The Hall–Kier alpha value is -4.00. The third-order valence-electron chi connectivity index (χ3n) is 10.4. The molecule has 0 aromatic heterocycles. The fourth-order valence-electron chi connectivity index (χ4n) is 6.83. The highest BCUT2D eigenvalue weighted by Gasteiger charge is 2.69. The van der Waals surface area contributed by atoms with Crippen molar-refractivity contribution in [3.63, 3.8) is 0 Å². The SMILES string of the molecule is CC1(C)C(C(=O)OC(C#N)c2cccc(Oc3ccccc3)c2)C1(C)C.C[C@H]1[C@H](c2ccc(Cl)cc2)SC(=O)N1C(=O)NC1CCCCC1. The summed E-state index contributed by atoms with van der Waals surface area (Å²) in [5.74, 6) is 0.782. The number of nitrogens with one attached hydrogen (secondary N) is 1. The number of hydrogen-bond acceptors (Lipinski definition) is 7. The van der Waals surface area contributed by atoms with E-state index in [0.717, 1.165) is 31.2 Å². The number of halogens is 1. The predicted octanol–water partition coefficient (Wildman–Crippen LogP) is 10.2. The van der Waals surface area contributed by atoms with Gasteiger partial charge in [0.15, 0.2) is 0 Å². The van der Waals surface area contributed by atoms with Crippen molar-refractivity contribution >= 4 is 40.6 Å². The quantitative estimate of drug-likeness (QED) is 0.244. The first kappa shape index (κ1) is 36.3. The predicted molar refractivity (Wildman–Crippen MR) is 192 cm³/mol. The molecule has 3 amide bonds.